The van der Waals surface area contributed by atoms with E-state index in [2.05, 4.69) is 0 Å². The second-order valence-electron chi connectivity index (χ2n) is 4.40. The molecule has 0 aromatic heterocycles. The molecule has 0 heterocycles. The topological polar surface area (TPSA) is 46.5 Å². The highest BCUT2D eigenvalue weighted by atomic mass is 19.1. The predicted octanol–water partition coefficient (Wildman–Crippen LogP) is 3.09. The highest BCUT2D eigenvalue weighted by Crippen LogP contribution is 2.20. The zero-order valence-corrected chi connectivity index (χ0v) is 10.3. The van der Waals surface area contributed by atoms with Gasteiger partial charge >= 0.3 is 5.97 Å². The van der Waals surface area contributed by atoms with E-state index in [-0.39, 0.29) is 24.7 Å². The Bertz CT molecular complexity index is 419. The number of benzene rings is 1. The number of halogens is 2. The van der Waals surface area contributed by atoms with Gasteiger partial charge in [0.2, 0.25) is 0 Å². The van der Waals surface area contributed by atoms with Crippen LogP contribution in [0.1, 0.15) is 20.3 Å². The van der Waals surface area contributed by atoms with Crippen LogP contribution in [-0.4, -0.2) is 17.7 Å². The first kappa shape index (κ1) is 14.4. The van der Waals surface area contributed by atoms with Crippen molar-refractivity contribution >= 4 is 5.97 Å². The van der Waals surface area contributed by atoms with Crippen molar-refractivity contribution in [3.8, 4) is 5.75 Å². The largest absolute Gasteiger partial charge is 0.490 e. The van der Waals surface area contributed by atoms with Gasteiger partial charge in [-0.15, -0.1) is 0 Å². The lowest BCUT2D eigenvalue weighted by Gasteiger charge is -2.16. The number of aliphatic carboxylic acids is 1. The van der Waals surface area contributed by atoms with E-state index in [4.69, 9.17) is 9.84 Å². The molecule has 0 aliphatic heterocycles. The maximum Gasteiger partial charge on any atom is 0.306 e. The van der Waals surface area contributed by atoms with E-state index in [0.29, 0.717) is 0 Å². The summed E-state index contributed by atoms with van der Waals surface area (Å²) in [5.41, 5.74) is 0. The minimum atomic E-state index is -0.895. The van der Waals surface area contributed by atoms with Crippen LogP contribution in [0.4, 0.5) is 8.78 Å². The molecule has 0 spiro atoms. The van der Waals surface area contributed by atoms with Crippen molar-refractivity contribution in [2.45, 2.75) is 20.3 Å². The molecule has 1 N–H and O–H groups in total. The molecule has 3 nitrogen and oxygen atoms in total. The molecule has 1 aromatic carbocycles. The van der Waals surface area contributed by atoms with Gasteiger partial charge in [-0.1, -0.05) is 13.8 Å². The molecular weight excluding hydrogens is 242 g/mol. The van der Waals surface area contributed by atoms with Gasteiger partial charge in [0.05, 0.1) is 12.5 Å². The highest BCUT2D eigenvalue weighted by Gasteiger charge is 2.21. The fourth-order valence-corrected chi connectivity index (χ4v) is 1.63. The van der Waals surface area contributed by atoms with Crippen molar-refractivity contribution < 1.29 is 23.4 Å². The molecule has 5 heteroatoms. The van der Waals surface area contributed by atoms with E-state index in [9.17, 15) is 13.6 Å². The monoisotopic (exact) mass is 258 g/mol. The molecule has 0 aliphatic carbocycles. The van der Waals surface area contributed by atoms with E-state index >= 15 is 0 Å². The number of carboxylic acid groups (broad SMARTS) is 1. The summed E-state index contributed by atoms with van der Waals surface area (Å²) in [6.45, 7) is 3.69. The molecule has 1 rings (SSSR count). The lowest BCUT2D eigenvalue weighted by molar-refractivity contribution is -0.143. The van der Waals surface area contributed by atoms with Crippen molar-refractivity contribution in [3.05, 3.63) is 29.8 Å². The van der Waals surface area contributed by atoms with Crippen LogP contribution in [0, 0.1) is 23.5 Å². The molecule has 1 unspecified atom stereocenters. The molecular formula is C13H16F2O3. The maximum absolute atomic E-state index is 13.2. The molecule has 0 saturated heterocycles. The Morgan fingerprint density at radius 1 is 1.39 bits per heavy atom. The highest BCUT2D eigenvalue weighted by molar-refractivity contribution is 5.70. The minimum Gasteiger partial charge on any atom is -0.490 e. The average molecular weight is 258 g/mol. The molecule has 18 heavy (non-hydrogen) atoms. The van der Waals surface area contributed by atoms with E-state index in [1.54, 1.807) is 13.8 Å². The number of ether oxygens (including phenoxy) is 1. The molecule has 100 valence electrons. The third-order valence-corrected chi connectivity index (χ3v) is 2.70. The Hall–Kier alpha value is -1.65. The molecule has 0 bridgehead atoms. The fourth-order valence-electron chi connectivity index (χ4n) is 1.63. The summed E-state index contributed by atoms with van der Waals surface area (Å²) in [5.74, 6) is -2.98. The van der Waals surface area contributed by atoms with Gasteiger partial charge in [-0.05, 0) is 24.5 Å². The number of carboxylic acids is 1. The minimum absolute atomic E-state index is 0.0239. The summed E-state index contributed by atoms with van der Waals surface area (Å²) in [6, 6.07) is 3.01. The Morgan fingerprint density at radius 2 is 2.06 bits per heavy atom. The molecule has 0 aliphatic rings. The van der Waals surface area contributed by atoms with Crippen LogP contribution < -0.4 is 4.74 Å². The lowest BCUT2D eigenvalue weighted by Crippen LogP contribution is -2.22. The second kappa shape index (κ2) is 6.33. The normalized spacial score (nSPS) is 12.5. The van der Waals surface area contributed by atoms with Gasteiger partial charge in [-0.25, -0.2) is 8.78 Å². The second-order valence-corrected chi connectivity index (χ2v) is 4.40. The first-order chi connectivity index (χ1) is 8.41. The third-order valence-electron chi connectivity index (χ3n) is 2.70. The smallest absolute Gasteiger partial charge is 0.306 e. The number of rotatable bonds is 6. The Morgan fingerprint density at radius 3 is 2.56 bits per heavy atom. The number of carbonyl (C=O) groups is 1. The van der Waals surface area contributed by atoms with Gasteiger partial charge in [0, 0.05) is 6.07 Å². The predicted molar refractivity (Wildman–Crippen MR) is 62.4 cm³/mol. The van der Waals surface area contributed by atoms with E-state index < -0.39 is 23.5 Å². The van der Waals surface area contributed by atoms with Gasteiger partial charge in [0.25, 0.3) is 0 Å². The summed E-state index contributed by atoms with van der Waals surface area (Å²) < 4.78 is 31.0. The first-order valence-corrected chi connectivity index (χ1v) is 5.72. The van der Waals surface area contributed by atoms with Gasteiger partial charge in [-0.3, -0.25) is 4.79 Å². The average Bonchev–Trinajstić information content (AvgIpc) is 2.25. The Balaban J connectivity index is 2.53. The van der Waals surface area contributed by atoms with Crippen LogP contribution in [0.5, 0.6) is 5.75 Å². The van der Waals surface area contributed by atoms with Crippen LogP contribution in [0.3, 0.4) is 0 Å². The van der Waals surface area contributed by atoms with Gasteiger partial charge in [-0.2, -0.15) is 0 Å². The molecule has 1 aromatic rings. The zero-order chi connectivity index (χ0) is 13.7. The van der Waals surface area contributed by atoms with Crippen molar-refractivity contribution in [2.24, 2.45) is 11.8 Å². The fraction of sp³-hybridized carbons (Fsp3) is 0.462. The summed E-state index contributed by atoms with van der Waals surface area (Å²) in [7, 11) is 0. The molecule has 0 amide bonds. The summed E-state index contributed by atoms with van der Waals surface area (Å²) in [4.78, 5) is 10.9. The van der Waals surface area contributed by atoms with Gasteiger partial charge < -0.3 is 9.84 Å². The van der Waals surface area contributed by atoms with Crippen molar-refractivity contribution in [2.75, 3.05) is 6.61 Å². The molecule has 0 radical (unpaired) electrons. The first-order valence-electron chi connectivity index (χ1n) is 5.72. The summed E-state index contributed by atoms with van der Waals surface area (Å²) in [5, 5.41) is 8.95. The van der Waals surface area contributed by atoms with E-state index in [1.807, 2.05) is 0 Å². The number of hydrogen-bond donors (Lipinski definition) is 1. The Kier molecular flexibility index (Phi) is 5.07. The quantitative estimate of drug-likeness (QED) is 0.852. The summed E-state index contributed by atoms with van der Waals surface area (Å²) in [6.07, 6.45) is 0.282. The van der Waals surface area contributed by atoms with Gasteiger partial charge in [0.1, 0.15) is 5.82 Å². The molecule has 0 saturated carbocycles. The standard InChI is InChI=1S/C13H16F2O3/c1-8(2)10(13(16)17)5-6-18-12-4-3-9(14)7-11(12)15/h3-4,7-8,10H,5-6H2,1-2H3,(H,16,17). The van der Waals surface area contributed by atoms with E-state index in [0.717, 1.165) is 12.1 Å². The van der Waals surface area contributed by atoms with Crippen LogP contribution >= 0.6 is 0 Å². The zero-order valence-electron chi connectivity index (χ0n) is 10.3. The summed E-state index contributed by atoms with van der Waals surface area (Å²) >= 11 is 0. The number of hydrogen-bond acceptors (Lipinski definition) is 2. The van der Waals surface area contributed by atoms with Crippen LogP contribution in [0.15, 0.2) is 18.2 Å². The van der Waals surface area contributed by atoms with Crippen LogP contribution in [-0.2, 0) is 4.79 Å². The Labute approximate surface area is 104 Å². The van der Waals surface area contributed by atoms with Crippen LogP contribution in [0.2, 0.25) is 0 Å². The SMILES string of the molecule is CC(C)C(CCOc1ccc(F)cc1F)C(=O)O. The third kappa shape index (κ3) is 3.98. The van der Waals surface area contributed by atoms with Crippen molar-refractivity contribution in [1.82, 2.24) is 0 Å². The van der Waals surface area contributed by atoms with E-state index in [1.165, 1.54) is 6.07 Å². The molecule has 0 fully saturated rings. The van der Waals surface area contributed by atoms with Crippen molar-refractivity contribution in [3.63, 3.8) is 0 Å². The lowest BCUT2D eigenvalue weighted by atomic mass is 9.93. The van der Waals surface area contributed by atoms with Crippen LogP contribution in [0.25, 0.3) is 0 Å². The molecule has 1 atom stereocenters. The van der Waals surface area contributed by atoms with Gasteiger partial charge in [0.15, 0.2) is 11.6 Å². The maximum atomic E-state index is 13.2. The van der Waals surface area contributed by atoms with Crippen molar-refractivity contribution in [1.29, 1.82) is 0 Å².